The van der Waals surface area contributed by atoms with Gasteiger partial charge in [-0.05, 0) is 69.8 Å². The molecule has 1 heterocycles. The lowest BCUT2D eigenvalue weighted by atomic mass is 10.2. The number of aromatic nitrogens is 2. The molecule has 2 aromatic rings. The molecule has 0 unspecified atom stereocenters. The first kappa shape index (κ1) is 16.5. The van der Waals surface area contributed by atoms with Crippen LogP contribution in [0.3, 0.4) is 0 Å². The van der Waals surface area contributed by atoms with E-state index in [1.807, 2.05) is 11.6 Å². The summed E-state index contributed by atoms with van der Waals surface area (Å²) in [5.41, 5.74) is 3.92. The van der Waals surface area contributed by atoms with Crippen molar-refractivity contribution in [1.29, 1.82) is 0 Å². The summed E-state index contributed by atoms with van der Waals surface area (Å²) < 4.78 is 17.1. The van der Waals surface area contributed by atoms with Gasteiger partial charge in [-0.15, -0.1) is 0 Å². The summed E-state index contributed by atoms with van der Waals surface area (Å²) >= 11 is 6.82. The van der Waals surface area contributed by atoms with Crippen molar-refractivity contribution < 1.29 is 4.39 Å². The van der Waals surface area contributed by atoms with Gasteiger partial charge in [-0.2, -0.15) is 5.10 Å². The second-order valence-electron chi connectivity index (χ2n) is 4.81. The molecule has 1 N–H and O–H groups in total. The zero-order chi connectivity index (χ0) is 15.6. The van der Waals surface area contributed by atoms with Crippen LogP contribution in [0.4, 0.5) is 10.1 Å². The van der Waals surface area contributed by atoms with Crippen LogP contribution < -0.4 is 5.32 Å². The standard InChI is InChI=1S/C15H18Br2FN3/c1-4-12-15(17)14(21(5-2)20-12)8-19-13-7-11(18)10(16)6-9(13)3/h6-7,19H,4-5,8H2,1-3H3. The van der Waals surface area contributed by atoms with E-state index in [9.17, 15) is 4.39 Å². The van der Waals surface area contributed by atoms with Gasteiger partial charge in [-0.25, -0.2) is 4.39 Å². The van der Waals surface area contributed by atoms with Crippen molar-refractivity contribution in [2.24, 2.45) is 0 Å². The first-order chi connectivity index (χ1) is 9.97. The topological polar surface area (TPSA) is 29.9 Å². The number of benzene rings is 1. The number of anilines is 1. The highest BCUT2D eigenvalue weighted by Gasteiger charge is 2.14. The van der Waals surface area contributed by atoms with E-state index >= 15 is 0 Å². The summed E-state index contributed by atoms with van der Waals surface area (Å²) in [4.78, 5) is 0. The summed E-state index contributed by atoms with van der Waals surface area (Å²) in [5, 5.41) is 7.86. The van der Waals surface area contributed by atoms with E-state index in [-0.39, 0.29) is 5.82 Å². The van der Waals surface area contributed by atoms with Gasteiger partial charge in [0.05, 0.1) is 26.9 Å². The highest BCUT2D eigenvalue weighted by atomic mass is 79.9. The van der Waals surface area contributed by atoms with Crippen molar-refractivity contribution in [3.05, 3.63) is 43.8 Å². The Morgan fingerprint density at radius 3 is 2.62 bits per heavy atom. The van der Waals surface area contributed by atoms with Crippen LogP contribution in [0.25, 0.3) is 0 Å². The lowest BCUT2D eigenvalue weighted by molar-refractivity contribution is 0.616. The lowest BCUT2D eigenvalue weighted by Gasteiger charge is -2.12. The Morgan fingerprint density at radius 2 is 2.00 bits per heavy atom. The van der Waals surface area contributed by atoms with Crippen molar-refractivity contribution in [3.63, 3.8) is 0 Å². The zero-order valence-corrected chi connectivity index (χ0v) is 15.5. The Balaban J connectivity index is 2.24. The molecule has 6 heteroatoms. The highest BCUT2D eigenvalue weighted by molar-refractivity contribution is 9.10. The van der Waals surface area contributed by atoms with Gasteiger partial charge < -0.3 is 5.32 Å². The minimum Gasteiger partial charge on any atom is -0.379 e. The van der Waals surface area contributed by atoms with Gasteiger partial charge in [0.2, 0.25) is 0 Å². The van der Waals surface area contributed by atoms with E-state index in [1.54, 1.807) is 6.07 Å². The summed E-state index contributed by atoms with van der Waals surface area (Å²) in [6.45, 7) is 7.51. The SMILES string of the molecule is CCc1nn(CC)c(CNc2cc(F)c(Br)cc2C)c1Br. The first-order valence-electron chi connectivity index (χ1n) is 6.91. The third-order valence-electron chi connectivity index (χ3n) is 3.41. The minimum absolute atomic E-state index is 0.264. The number of hydrogen-bond acceptors (Lipinski definition) is 2. The summed E-state index contributed by atoms with van der Waals surface area (Å²) in [6.07, 6.45) is 0.881. The molecule has 0 fully saturated rings. The lowest BCUT2D eigenvalue weighted by Crippen LogP contribution is -2.09. The van der Waals surface area contributed by atoms with Crippen molar-refractivity contribution in [2.45, 2.75) is 40.3 Å². The number of halogens is 3. The molecular formula is C15H18Br2FN3. The van der Waals surface area contributed by atoms with Crippen LogP contribution >= 0.6 is 31.9 Å². The quantitative estimate of drug-likeness (QED) is 0.736. The summed E-state index contributed by atoms with van der Waals surface area (Å²) in [5.74, 6) is -0.264. The average molecular weight is 419 g/mol. The Hall–Kier alpha value is -0.880. The second-order valence-corrected chi connectivity index (χ2v) is 6.46. The number of rotatable bonds is 5. The maximum Gasteiger partial charge on any atom is 0.139 e. The molecule has 0 amide bonds. The fourth-order valence-electron chi connectivity index (χ4n) is 2.20. The molecule has 0 aliphatic rings. The minimum atomic E-state index is -0.264. The fraction of sp³-hybridized carbons (Fsp3) is 0.400. The Labute approximate surface area is 141 Å². The van der Waals surface area contributed by atoms with E-state index in [2.05, 4.69) is 56.1 Å². The van der Waals surface area contributed by atoms with Gasteiger partial charge in [-0.1, -0.05) is 6.92 Å². The summed E-state index contributed by atoms with van der Waals surface area (Å²) in [7, 11) is 0. The van der Waals surface area contributed by atoms with Crippen molar-refractivity contribution in [3.8, 4) is 0 Å². The second kappa shape index (κ2) is 6.92. The predicted octanol–water partition coefficient (Wildman–Crippen LogP) is 5.05. The molecule has 2 rings (SSSR count). The Kier molecular flexibility index (Phi) is 5.43. The van der Waals surface area contributed by atoms with Crippen LogP contribution in [0.15, 0.2) is 21.1 Å². The molecule has 0 aliphatic carbocycles. The first-order valence-corrected chi connectivity index (χ1v) is 8.50. The van der Waals surface area contributed by atoms with Crippen LogP contribution in [0, 0.1) is 12.7 Å². The third-order valence-corrected chi connectivity index (χ3v) is 4.93. The van der Waals surface area contributed by atoms with Crippen molar-refractivity contribution in [1.82, 2.24) is 9.78 Å². The molecule has 0 spiro atoms. The van der Waals surface area contributed by atoms with Crippen LogP contribution in [0.1, 0.15) is 30.8 Å². The van der Waals surface area contributed by atoms with Gasteiger partial charge in [0.15, 0.2) is 0 Å². The molecule has 3 nitrogen and oxygen atoms in total. The highest BCUT2D eigenvalue weighted by Crippen LogP contribution is 2.26. The molecule has 0 atom stereocenters. The van der Waals surface area contributed by atoms with E-state index in [1.165, 1.54) is 6.07 Å². The van der Waals surface area contributed by atoms with Gasteiger partial charge in [0, 0.05) is 12.2 Å². The van der Waals surface area contributed by atoms with E-state index in [0.29, 0.717) is 11.0 Å². The smallest absolute Gasteiger partial charge is 0.139 e. The van der Waals surface area contributed by atoms with Crippen molar-refractivity contribution >= 4 is 37.5 Å². The largest absolute Gasteiger partial charge is 0.379 e. The number of aryl methyl sites for hydroxylation is 3. The molecule has 1 aromatic heterocycles. The van der Waals surface area contributed by atoms with Gasteiger partial charge in [0.1, 0.15) is 5.82 Å². The van der Waals surface area contributed by atoms with Crippen LogP contribution in [-0.4, -0.2) is 9.78 Å². The van der Waals surface area contributed by atoms with Gasteiger partial charge in [0.25, 0.3) is 0 Å². The van der Waals surface area contributed by atoms with Gasteiger partial charge in [-0.3, -0.25) is 4.68 Å². The normalized spacial score (nSPS) is 11.0. The van der Waals surface area contributed by atoms with Crippen LogP contribution in [-0.2, 0) is 19.5 Å². The number of nitrogens with one attached hydrogen (secondary N) is 1. The fourth-order valence-corrected chi connectivity index (χ4v) is 3.36. The maximum absolute atomic E-state index is 13.7. The molecular weight excluding hydrogens is 401 g/mol. The van der Waals surface area contributed by atoms with Crippen LogP contribution in [0.2, 0.25) is 0 Å². The van der Waals surface area contributed by atoms with E-state index in [4.69, 9.17) is 0 Å². The average Bonchev–Trinajstić information content (AvgIpc) is 2.77. The molecule has 21 heavy (non-hydrogen) atoms. The maximum atomic E-state index is 13.7. The van der Waals surface area contributed by atoms with E-state index in [0.717, 1.165) is 40.1 Å². The third kappa shape index (κ3) is 3.48. The van der Waals surface area contributed by atoms with Gasteiger partial charge >= 0.3 is 0 Å². The summed E-state index contributed by atoms with van der Waals surface area (Å²) in [6, 6.07) is 3.29. The molecule has 0 saturated carbocycles. The van der Waals surface area contributed by atoms with Crippen LogP contribution in [0.5, 0.6) is 0 Å². The zero-order valence-electron chi connectivity index (χ0n) is 12.3. The molecule has 0 aliphatic heterocycles. The number of hydrogen-bond donors (Lipinski definition) is 1. The predicted molar refractivity (Wildman–Crippen MR) is 91.1 cm³/mol. The van der Waals surface area contributed by atoms with Crippen molar-refractivity contribution in [2.75, 3.05) is 5.32 Å². The Bertz CT molecular complexity index is 653. The molecule has 0 radical (unpaired) electrons. The molecule has 1 aromatic carbocycles. The monoisotopic (exact) mass is 417 g/mol. The molecule has 0 bridgehead atoms. The number of nitrogens with zero attached hydrogens (tertiary/aromatic N) is 2. The van der Waals surface area contributed by atoms with E-state index < -0.39 is 0 Å². The Morgan fingerprint density at radius 1 is 1.29 bits per heavy atom. The molecule has 0 saturated heterocycles. The molecule has 114 valence electrons.